The fraction of sp³-hybridized carbons (Fsp3) is 0.375. The van der Waals surface area contributed by atoms with Gasteiger partial charge in [0, 0.05) is 24.4 Å². The van der Waals surface area contributed by atoms with Crippen LogP contribution in [0, 0.1) is 0 Å². The molecule has 0 aliphatic heterocycles. The number of aliphatic hydroxyl groups is 1. The number of hydrogen-bond acceptors (Lipinski definition) is 3. The predicted octanol–water partition coefficient (Wildman–Crippen LogP) is 4.52. The Hall–Kier alpha value is -1.03. The van der Waals surface area contributed by atoms with Gasteiger partial charge in [-0.25, -0.2) is 0 Å². The third-order valence-electron chi connectivity index (χ3n) is 3.57. The molecule has 4 heteroatoms. The molecule has 1 aromatic heterocycles. The average molecular weight is 310 g/mol. The maximum Gasteiger partial charge on any atom is 0.0762 e. The molecule has 2 atom stereocenters. The van der Waals surface area contributed by atoms with Crippen LogP contribution in [0.2, 0.25) is 5.02 Å². The molecule has 1 heterocycles. The molecule has 0 saturated heterocycles. The van der Waals surface area contributed by atoms with Crippen molar-refractivity contribution in [1.29, 1.82) is 0 Å². The lowest BCUT2D eigenvalue weighted by atomic mass is 10.1. The first-order valence-corrected chi connectivity index (χ1v) is 7.97. The minimum atomic E-state index is -0.490. The molecule has 0 aliphatic rings. The monoisotopic (exact) mass is 309 g/mol. The smallest absolute Gasteiger partial charge is 0.0762 e. The van der Waals surface area contributed by atoms with Crippen LogP contribution in [-0.4, -0.2) is 18.2 Å². The third kappa shape index (κ3) is 3.54. The largest absolute Gasteiger partial charge is 0.389 e. The van der Waals surface area contributed by atoms with Gasteiger partial charge in [-0.1, -0.05) is 23.7 Å². The van der Waals surface area contributed by atoms with E-state index in [-0.39, 0.29) is 0 Å². The van der Waals surface area contributed by atoms with Crippen molar-refractivity contribution in [2.75, 3.05) is 11.9 Å². The number of likely N-dealkylation sites (N-methyl/N-ethyl adjacent to an activating group) is 1. The molecule has 2 aromatic rings. The summed E-state index contributed by atoms with van der Waals surface area (Å²) in [6.45, 7) is 3.94. The molecule has 0 saturated carbocycles. The molecule has 2 rings (SSSR count). The van der Waals surface area contributed by atoms with Gasteiger partial charge in [0.1, 0.15) is 0 Å². The molecular weight excluding hydrogens is 290 g/mol. The number of aliphatic hydroxyl groups excluding tert-OH is 1. The Balaban J connectivity index is 2.14. The van der Waals surface area contributed by atoms with E-state index in [0.717, 1.165) is 17.7 Å². The van der Waals surface area contributed by atoms with Crippen LogP contribution in [-0.2, 0) is 6.42 Å². The van der Waals surface area contributed by atoms with E-state index in [1.807, 2.05) is 18.2 Å². The van der Waals surface area contributed by atoms with Crippen LogP contribution in [0.5, 0.6) is 0 Å². The molecule has 0 bridgehead atoms. The minimum absolute atomic E-state index is 0.364. The van der Waals surface area contributed by atoms with E-state index in [0.29, 0.717) is 11.1 Å². The summed E-state index contributed by atoms with van der Waals surface area (Å²) in [5.74, 6) is 0. The number of nitrogens with zero attached hydrogens (tertiary/aromatic N) is 1. The summed E-state index contributed by atoms with van der Waals surface area (Å²) in [6, 6.07) is 10.4. The Morgan fingerprint density at radius 2 is 2.05 bits per heavy atom. The Kier molecular flexibility index (Phi) is 5.08. The molecule has 20 heavy (non-hydrogen) atoms. The summed E-state index contributed by atoms with van der Waals surface area (Å²) in [7, 11) is 2.06. The van der Waals surface area contributed by atoms with Gasteiger partial charge in [0.25, 0.3) is 0 Å². The number of hydrogen-bond donors (Lipinski definition) is 1. The van der Waals surface area contributed by atoms with Gasteiger partial charge in [-0.15, -0.1) is 11.3 Å². The van der Waals surface area contributed by atoms with Crippen molar-refractivity contribution in [3.63, 3.8) is 0 Å². The Bertz CT molecular complexity index is 554. The molecule has 0 amide bonds. The van der Waals surface area contributed by atoms with Gasteiger partial charge in [0.2, 0.25) is 0 Å². The molecule has 0 radical (unpaired) electrons. The molecule has 1 N–H and O–H groups in total. The van der Waals surface area contributed by atoms with Gasteiger partial charge >= 0.3 is 0 Å². The zero-order valence-corrected chi connectivity index (χ0v) is 13.6. The van der Waals surface area contributed by atoms with Crippen molar-refractivity contribution in [2.45, 2.75) is 32.4 Å². The highest BCUT2D eigenvalue weighted by Crippen LogP contribution is 2.30. The first-order chi connectivity index (χ1) is 9.49. The van der Waals surface area contributed by atoms with E-state index < -0.39 is 6.10 Å². The van der Waals surface area contributed by atoms with Gasteiger partial charge in [-0.05, 0) is 43.0 Å². The van der Waals surface area contributed by atoms with E-state index in [4.69, 9.17) is 11.6 Å². The van der Waals surface area contributed by atoms with Crippen LogP contribution < -0.4 is 4.90 Å². The summed E-state index contributed by atoms with van der Waals surface area (Å²) >= 11 is 8.13. The first-order valence-electron chi connectivity index (χ1n) is 6.71. The SMILES string of the molecule is CC(O)c1ccc(N(C)C(C)Cc2cccs2)c(Cl)c1. The van der Waals surface area contributed by atoms with Crippen molar-refractivity contribution in [1.82, 2.24) is 0 Å². The van der Waals surface area contributed by atoms with Crippen molar-refractivity contribution >= 4 is 28.6 Å². The van der Waals surface area contributed by atoms with Crippen molar-refractivity contribution in [3.05, 3.63) is 51.2 Å². The van der Waals surface area contributed by atoms with Crippen LogP contribution in [0.25, 0.3) is 0 Å². The average Bonchev–Trinajstić information content (AvgIpc) is 2.90. The molecule has 0 spiro atoms. The van der Waals surface area contributed by atoms with Gasteiger partial charge in [-0.2, -0.15) is 0 Å². The topological polar surface area (TPSA) is 23.5 Å². The zero-order valence-electron chi connectivity index (χ0n) is 12.0. The third-order valence-corrected chi connectivity index (χ3v) is 4.77. The summed E-state index contributed by atoms with van der Waals surface area (Å²) in [6.07, 6.45) is 0.512. The maximum absolute atomic E-state index is 9.59. The van der Waals surface area contributed by atoms with Crippen LogP contribution in [0.15, 0.2) is 35.7 Å². The fourth-order valence-electron chi connectivity index (χ4n) is 2.16. The molecule has 2 unspecified atom stereocenters. The summed E-state index contributed by atoms with van der Waals surface area (Å²) in [5, 5.41) is 12.4. The highest BCUT2D eigenvalue weighted by atomic mass is 35.5. The van der Waals surface area contributed by atoms with E-state index in [1.165, 1.54) is 4.88 Å². The second-order valence-electron chi connectivity index (χ2n) is 5.13. The number of halogens is 1. The maximum atomic E-state index is 9.59. The lowest BCUT2D eigenvalue weighted by Gasteiger charge is -2.28. The van der Waals surface area contributed by atoms with E-state index in [9.17, 15) is 5.11 Å². The van der Waals surface area contributed by atoms with Crippen LogP contribution in [0.1, 0.15) is 30.4 Å². The lowest BCUT2D eigenvalue weighted by Crippen LogP contribution is -2.30. The van der Waals surface area contributed by atoms with E-state index in [1.54, 1.807) is 18.3 Å². The van der Waals surface area contributed by atoms with Gasteiger partial charge in [0.15, 0.2) is 0 Å². The fourth-order valence-corrected chi connectivity index (χ4v) is 3.31. The highest BCUT2D eigenvalue weighted by Gasteiger charge is 2.15. The molecule has 0 fully saturated rings. The van der Waals surface area contributed by atoms with Crippen molar-refractivity contribution < 1.29 is 5.11 Å². The number of thiophene rings is 1. The summed E-state index contributed by atoms with van der Waals surface area (Å²) in [4.78, 5) is 3.56. The number of anilines is 1. The van der Waals surface area contributed by atoms with Crippen molar-refractivity contribution in [3.8, 4) is 0 Å². The molecule has 2 nitrogen and oxygen atoms in total. The second kappa shape index (κ2) is 6.61. The Morgan fingerprint density at radius 3 is 2.60 bits per heavy atom. The number of benzene rings is 1. The van der Waals surface area contributed by atoms with Gasteiger partial charge in [0.05, 0.1) is 16.8 Å². The molecular formula is C16H20ClNOS. The van der Waals surface area contributed by atoms with Gasteiger partial charge < -0.3 is 10.0 Å². The molecule has 0 aliphatic carbocycles. The number of rotatable bonds is 5. The summed E-state index contributed by atoms with van der Waals surface area (Å²) in [5.41, 5.74) is 1.85. The standard InChI is InChI=1S/C16H20ClNOS/c1-11(9-14-5-4-8-20-14)18(3)16-7-6-13(12(2)19)10-15(16)17/h4-8,10-12,19H,9H2,1-3H3. The minimum Gasteiger partial charge on any atom is -0.389 e. The lowest BCUT2D eigenvalue weighted by molar-refractivity contribution is 0.199. The second-order valence-corrected chi connectivity index (χ2v) is 6.57. The summed E-state index contributed by atoms with van der Waals surface area (Å²) < 4.78 is 0. The Labute approximate surface area is 129 Å². The van der Waals surface area contributed by atoms with Gasteiger partial charge in [-0.3, -0.25) is 0 Å². The Morgan fingerprint density at radius 1 is 1.30 bits per heavy atom. The first kappa shape index (κ1) is 15.4. The molecule has 108 valence electrons. The molecule has 1 aromatic carbocycles. The van der Waals surface area contributed by atoms with Crippen molar-refractivity contribution in [2.24, 2.45) is 0 Å². The van der Waals surface area contributed by atoms with Crippen LogP contribution in [0.4, 0.5) is 5.69 Å². The predicted molar refractivity (Wildman–Crippen MR) is 88.0 cm³/mol. The quantitative estimate of drug-likeness (QED) is 0.877. The highest BCUT2D eigenvalue weighted by molar-refractivity contribution is 7.09. The normalized spacial score (nSPS) is 14.1. The van der Waals surface area contributed by atoms with Crippen LogP contribution >= 0.6 is 22.9 Å². The van der Waals surface area contributed by atoms with E-state index in [2.05, 4.69) is 36.4 Å². The van der Waals surface area contributed by atoms with E-state index >= 15 is 0 Å². The zero-order chi connectivity index (χ0) is 14.7. The van der Waals surface area contributed by atoms with Crippen LogP contribution in [0.3, 0.4) is 0 Å².